The Morgan fingerprint density at radius 1 is 1.12 bits per heavy atom. The van der Waals surface area contributed by atoms with E-state index in [1.807, 2.05) is 31.2 Å². The van der Waals surface area contributed by atoms with Gasteiger partial charge in [0.1, 0.15) is 0 Å². The second-order valence-electron chi connectivity index (χ2n) is 8.10. The number of carbonyl (C=O) groups is 3. The lowest BCUT2D eigenvalue weighted by Gasteiger charge is -2.32. The van der Waals surface area contributed by atoms with E-state index in [1.54, 1.807) is 28.0 Å². The van der Waals surface area contributed by atoms with Gasteiger partial charge in [-0.15, -0.1) is 0 Å². The first kappa shape index (κ1) is 23.6. The smallest absolute Gasteiger partial charge is 0.329 e. The number of fused-ring (bicyclic) bond motifs is 1. The zero-order chi connectivity index (χ0) is 23.3. The van der Waals surface area contributed by atoms with Crippen molar-refractivity contribution in [1.29, 1.82) is 0 Å². The van der Waals surface area contributed by atoms with Gasteiger partial charge >= 0.3 is 11.7 Å². The topological polar surface area (TPSA) is 93.8 Å². The zero-order valence-electron chi connectivity index (χ0n) is 19.1. The number of aryl methyl sites for hydroxylation is 2. The van der Waals surface area contributed by atoms with Gasteiger partial charge in [0.2, 0.25) is 11.8 Å². The second-order valence-corrected chi connectivity index (χ2v) is 8.10. The van der Waals surface area contributed by atoms with Gasteiger partial charge in [-0.25, -0.2) is 4.79 Å². The average Bonchev–Trinajstić information content (AvgIpc) is 3.07. The molecule has 0 spiro atoms. The molecule has 9 nitrogen and oxygen atoms in total. The molecular weight excluding hydrogens is 412 g/mol. The van der Waals surface area contributed by atoms with Gasteiger partial charge in [0.25, 0.3) is 0 Å². The highest BCUT2D eigenvalue weighted by atomic mass is 16.5. The van der Waals surface area contributed by atoms with Crippen molar-refractivity contribution in [3.8, 4) is 0 Å². The van der Waals surface area contributed by atoms with Gasteiger partial charge in [0.05, 0.1) is 30.1 Å². The number of esters is 1. The maximum absolute atomic E-state index is 12.7. The van der Waals surface area contributed by atoms with Crippen molar-refractivity contribution in [2.24, 2.45) is 5.92 Å². The molecule has 0 aliphatic carbocycles. The Morgan fingerprint density at radius 3 is 2.47 bits per heavy atom. The summed E-state index contributed by atoms with van der Waals surface area (Å²) >= 11 is 0. The molecule has 1 saturated heterocycles. The van der Waals surface area contributed by atoms with E-state index in [0.717, 1.165) is 17.5 Å². The van der Waals surface area contributed by atoms with Crippen LogP contribution in [-0.2, 0) is 32.2 Å². The molecule has 1 aliphatic heterocycles. The molecule has 1 unspecified atom stereocenters. The largest absolute Gasteiger partial charge is 0.466 e. The summed E-state index contributed by atoms with van der Waals surface area (Å²) in [5.41, 5.74) is 1.50. The van der Waals surface area contributed by atoms with Crippen molar-refractivity contribution in [3.63, 3.8) is 0 Å². The minimum Gasteiger partial charge on any atom is -0.466 e. The van der Waals surface area contributed by atoms with Crippen molar-refractivity contribution in [3.05, 3.63) is 34.7 Å². The SMILES string of the molecule is CCOC(=O)C1CCCN(C(=O)CN(C)C(=O)CCn2c(=O)n(CC)c3ccccc32)C1. The van der Waals surface area contributed by atoms with Gasteiger partial charge in [0, 0.05) is 39.6 Å². The van der Waals surface area contributed by atoms with Gasteiger partial charge in [-0.2, -0.15) is 0 Å². The summed E-state index contributed by atoms with van der Waals surface area (Å²) < 4.78 is 8.38. The van der Waals surface area contributed by atoms with Crippen molar-refractivity contribution >= 4 is 28.8 Å². The monoisotopic (exact) mass is 444 g/mol. The van der Waals surface area contributed by atoms with Crippen LogP contribution in [0, 0.1) is 5.92 Å². The molecule has 0 bridgehead atoms. The minimum absolute atomic E-state index is 0.0556. The van der Waals surface area contributed by atoms with E-state index in [4.69, 9.17) is 4.74 Å². The molecule has 3 rings (SSSR count). The van der Waals surface area contributed by atoms with Crippen LogP contribution in [0.3, 0.4) is 0 Å². The summed E-state index contributed by atoms with van der Waals surface area (Å²) in [6.45, 7) is 5.64. The van der Waals surface area contributed by atoms with Crippen LogP contribution in [0.1, 0.15) is 33.1 Å². The lowest BCUT2D eigenvalue weighted by Crippen LogP contribution is -2.47. The molecular formula is C23H32N4O5. The van der Waals surface area contributed by atoms with Crippen LogP contribution in [0.4, 0.5) is 0 Å². The van der Waals surface area contributed by atoms with Gasteiger partial charge in [-0.1, -0.05) is 12.1 Å². The van der Waals surface area contributed by atoms with Crippen LogP contribution in [0.15, 0.2) is 29.1 Å². The number of benzene rings is 1. The number of piperidine rings is 1. The number of rotatable bonds is 8. The molecule has 1 aliphatic rings. The van der Waals surface area contributed by atoms with Gasteiger partial charge in [-0.05, 0) is 38.8 Å². The number of nitrogens with zero attached hydrogens (tertiary/aromatic N) is 4. The molecule has 9 heteroatoms. The Kier molecular flexibility index (Phi) is 7.71. The lowest BCUT2D eigenvalue weighted by atomic mass is 9.98. The van der Waals surface area contributed by atoms with Crippen LogP contribution in [0.5, 0.6) is 0 Å². The number of hydrogen-bond donors (Lipinski definition) is 0. The first-order chi connectivity index (χ1) is 15.4. The molecule has 1 fully saturated rings. The van der Waals surface area contributed by atoms with E-state index in [2.05, 4.69) is 0 Å². The first-order valence-electron chi connectivity index (χ1n) is 11.2. The fourth-order valence-electron chi connectivity index (χ4n) is 4.24. The van der Waals surface area contributed by atoms with Gasteiger partial charge < -0.3 is 14.5 Å². The highest BCUT2D eigenvalue weighted by molar-refractivity contribution is 5.85. The minimum atomic E-state index is -0.309. The lowest BCUT2D eigenvalue weighted by molar-refractivity contribution is -0.152. The third kappa shape index (κ3) is 5.03. The Bertz CT molecular complexity index is 1040. The van der Waals surface area contributed by atoms with E-state index in [1.165, 1.54) is 4.90 Å². The molecule has 1 atom stereocenters. The van der Waals surface area contributed by atoms with E-state index < -0.39 is 0 Å². The van der Waals surface area contributed by atoms with Gasteiger partial charge in [-0.3, -0.25) is 23.5 Å². The standard InChI is InChI=1S/C23H32N4O5/c1-4-26-18-10-6-7-11-19(18)27(23(26)31)14-12-20(28)24(3)16-21(29)25-13-8-9-17(15-25)22(30)32-5-2/h6-7,10-11,17H,4-5,8-9,12-16H2,1-3H3. The van der Waals surface area contributed by atoms with Gasteiger partial charge in [0.15, 0.2) is 0 Å². The number of aromatic nitrogens is 2. The maximum Gasteiger partial charge on any atom is 0.329 e. The highest BCUT2D eigenvalue weighted by Gasteiger charge is 2.30. The second kappa shape index (κ2) is 10.5. The normalized spacial score (nSPS) is 16.2. The number of likely N-dealkylation sites (tertiary alicyclic amines) is 1. The molecule has 32 heavy (non-hydrogen) atoms. The van der Waals surface area contributed by atoms with E-state index in [9.17, 15) is 19.2 Å². The van der Waals surface area contributed by atoms with Crippen LogP contribution in [-0.4, -0.2) is 70.0 Å². The summed E-state index contributed by atoms with van der Waals surface area (Å²) in [5, 5.41) is 0. The van der Waals surface area contributed by atoms with E-state index in [0.29, 0.717) is 32.7 Å². The Balaban J connectivity index is 1.58. The maximum atomic E-state index is 12.7. The summed E-state index contributed by atoms with van der Waals surface area (Å²) in [4.78, 5) is 53.1. The average molecular weight is 445 g/mol. The highest BCUT2D eigenvalue weighted by Crippen LogP contribution is 2.18. The number of imidazole rings is 1. The molecule has 174 valence electrons. The van der Waals surface area contributed by atoms with Crippen LogP contribution >= 0.6 is 0 Å². The molecule has 0 N–H and O–H groups in total. The fourth-order valence-corrected chi connectivity index (χ4v) is 4.24. The molecule has 1 aromatic carbocycles. The quantitative estimate of drug-likeness (QED) is 0.575. The first-order valence-corrected chi connectivity index (χ1v) is 11.2. The third-order valence-corrected chi connectivity index (χ3v) is 5.98. The van der Waals surface area contributed by atoms with Crippen molar-refractivity contribution in [1.82, 2.24) is 18.9 Å². The summed E-state index contributed by atoms with van der Waals surface area (Å²) in [5.74, 6) is -0.977. The number of ether oxygens (including phenoxy) is 1. The predicted molar refractivity (Wildman–Crippen MR) is 120 cm³/mol. The number of para-hydroxylation sites is 2. The Hall–Kier alpha value is -3.10. The summed E-state index contributed by atoms with van der Waals surface area (Å²) in [6, 6.07) is 7.52. The molecule has 0 radical (unpaired) electrons. The fraction of sp³-hybridized carbons (Fsp3) is 0.565. The van der Waals surface area contributed by atoms with Crippen LogP contribution < -0.4 is 5.69 Å². The van der Waals surface area contributed by atoms with Crippen molar-refractivity contribution in [2.45, 2.75) is 46.2 Å². The number of likely N-dealkylation sites (N-methyl/N-ethyl adjacent to an activating group) is 1. The van der Waals surface area contributed by atoms with E-state index >= 15 is 0 Å². The number of hydrogen-bond acceptors (Lipinski definition) is 5. The van der Waals surface area contributed by atoms with Crippen molar-refractivity contribution < 1.29 is 19.1 Å². The number of amides is 2. The Morgan fingerprint density at radius 2 is 1.81 bits per heavy atom. The van der Waals surface area contributed by atoms with Crippen LogP contribution in [0.2, 0.25) is 0 Å². The predicted octanol–water partition coefficient (Wildman–Crippen LogP) is 1.47. The summed E-state index contributed by atoms with van der Waals surface area (Å²) in [6.07, 6.45) is 1.56. The molecule has 2 aromatic rings. The zero-order valence-corrected chi connectivity index (χ0v) is 19.1. The van der Waals surface area contributed by atoms with Crippen LogP contribution in [0.25, 0.3) is 11.0 Å². The number of carbonyl (C=O) groups excluding carboxylic acids is 3. The molecule has 2 amide bonds. The van der Waals surface area contributed by atoms with Crippen molar-refractivity contribution in [2.75, 3.05) is 33.3 Å². The Labute approximate surface area is 187 Å². The van der Waals surface area contributed by atoms with E-state index in [-0.39, 0.29) is 48.9 Å². The third-order valence-electron chi connectivity index (χ3n) is 5.98. The molecule has 0 saturated carbocycles. The molecule has 1 aromatic heterocycles. The molecule has 2 heterocycles. The summed E-state index contributed by atoms with van der Waals surface area (Å²) in [7, 11) is 1.59.